The number of rotatable bonds is 8. The summed E-state index contributed by atoms with van der Waals surface area (Å²) in [5.41, 5.74) is -0.128. The topological polar surface area (TPSA) is 66.0 Å². The first-order valence-electron chi connectivity index (χ1n) is 7.96. The SMILES string of the molecule is [2H]C([2H])(NC(=O)OCCOC)C([2H])([2H])c1cc(OC)c(Br)cc1OC. The first-order valence-corrected chi connectivity index (χ1v) is 6.76. The van der Waals surface area contributed by atoms with Crippen molar-refractivity contribution in [3.63, 3.8) is 0 Å². The van der Waals surface area contributed by atoms with E-state index in [1.54, 1.807) is 0 Å². The van der Waals surface area contributed by atoms with Crippen molar-refractivity contribution in [3.05, 3.63) is 22.2 Å². The minimum Gasteiger partial charge on any atom is -0.496 e. The highest BCUT2D eigenvalue weighted by atomic mass is 79.9. The molecule has 1 N–H and O–H groups in total. The number of nitrogens with one attached hydrogen (secondary N) is 1. The van der Waals surface area contributed by atoms with Gasteiger partial charge in [0.05, 0.1) is 25.3 Å². The second kappa shape index (κ2) is 9.46. The van der Waals surface area contributed by atoms with Gasteiger partial charge < -0.3 is 24.3 Å². The summed E-state index contributed by atoms with van der Waals surface area (Å²) in [6.45, 7) is -2.73. The van der Waals surface area contributed by atoms with E-state index in [1.165, 1.54) is 33.5 Å². The molecule has 21 heavy (non-hydrogen) atoms. The van der Waals surface area contributed by atoms with Gasteiger partial charge in [-0.1, -0.05) is 0 Å². The minimum atomic E-state index is -2.79. The fourth-order valence-electron chi connectivity index (χ4n) is 1.36. The van der Waals surface area contributed by atoms with E-state index in [-0.39, 0.29) is 30.3 Å². The Hall–Kier alpha value is -1.47. The van der Waals surface area contributed by atoms with Crippen LogP contribution in [0.25, 0.3) is 0 Å². The van der Waals surface area contributed by atoms with E-state index in [2.05, 4.69) is 15.9 Å². The number of hydrogen-bond donors (Lipinski definition) is 1. The van der Waals surface area contributed by atoms with Crippen molar-refractivity contribution in [2.45, 2.75) is 6.37 Å². The largest absolute Gasteiger partial charge is 0.496 e. The highest BCUT2D eigenvalue weighted by Gasteiger charge is 2.10. The van der Waals surface area contributed by atoms with E-state index in [9.17, 15) is 4.79 Å². The van der Waals surface area contributed by atoms with Crippen LogP contribution in [0.15, 0.2) is 16.6 Å². The summed E-state index contributed by atoms with van der Waals surface area (Å²) in [5, 5.41) is 1.89. The van der Waals surface area contributed by atoms with Gasteiger partial charge in [-0.3, -0.25) is 0 Å². The van der Waals surface area contributed by atoms with Gasteiger partial charge in [-0.05, 0) is 40.0 Å². The summed E-state index contributed by atoms with van der Waals surface area (Å²) < 4.78 is 52.6. The molecule has 1 rings (SSSR count). The predicted octanol–water partition coefficient (Wildman–Crippen LogP) is 2.38. The normalized spacial score (nSPS) is 14.3. The Morgan fingerprint density at radius 3 is 2.57 bits per heavy atom. The summed E-state index contributed by atoms with van der Waals surface area (Å²) in [6, 6.07) is 2.76. The van der Waals surface area contributed by atoms with Crippen LogP contribution in [0.4, 0.5) is 4.79 Å². The Kier molecular flexibility index (Phi) is 5.46. The third-order valence-corrected chi connectivity index (χ3v) is 2.98. The Labute approximate surface area is 138 Å². The maximum atomic E-state index is 11.7. The summed E-state index contributed by atoms with van der Waals surface area (Å²) in [4.78, 5) is 11.7. The minimum absolute atomic E-state index is 0.0865. The molecule has 1 aromatic carbocycles. The van der Waals surface area contributed by atoms with Crippen LogP contribution in [0.3, 0.4) is 0 Å². The lowest BCUT2D eigenvalue weighted by Crippen LogP contribution is -2.27. The molecule has 0 aliphatic rings. The number of carbonyl (C=O) groups is 1. The van der Waals surface area contributed by atoms with Crippen molar-refractivity contribution in [1.29, 1.82) is 0 Å². The van der Waals surface area contributed by atoms with Gasteiger partial charge in [0.2, 0.25) is 0 Å². The van der Waals surface area contributed by atoms with Gasteiger partial charge in [-0.25, -0.2) is 4.79 Å². The van der Waals surface area contributed by atoms with Gasteiger partial charge in [0, 0.05) is 19.1 Å². The van der Waals surface area contributed by atoms with Gasteiger partial charge in [-0.2, -0.15) is 0 Å². The van der Waals surface area contributed by atoms with E-state index in [0.717, 1.165) is 0 Å². The third-order valence-electron chi connectivity index (χ3n) is 2.36. The molecule has 0 heterocycles. The third kappa shape index (κ3) is 5.81. The molecule has 1 aromatic rings. The second-order valence-electron chi connectivity index (χ2n) is 3.69. The fourth-order valence-corrected chi connectivity index (χ4v) is 1.85. The molecule has 7 heteroatoms. The highest BCUT2D eigenvalue weighted by molar-refractivity contribution is 9.10. The Morgan fingerprint density at radius 1 is 1.24 bits per heavy atom. The molecule has 0 bridgehead atoms. The predicted molar refractivity (Wildman–Crippen MR) is 82.2 cm³/mol. The number of alkyl carbamates (subject to hydrolysis) is 1. The average molecular weight is 366 g/mol. The van der Waals surface area contributed by atoms with Gasteiger partial charge in [-0.15, -0.1) is 0 Å². The number of hydrogen-bond acceptors (Lipinski definition) is 5. The Balaban J connectivity index is 3.14. The number of halogens is 1. The molecule has 0 saturated carbocycles. The van der Waals surface area contributed by atoms with E-state index in [0.29, 0.717) is 4.47 Å². The number of methoxy groups -OCH3 is 3. The van der Waals surface area contributed by atoms with Gasteiger partial charge >= 0.3 is 6.09 Å². The van der Waals surface area contributed by atoms with Crippen LogP contribution in [-0.2, 0) is 15.8 Å². The molecule has 0 aromatic heterocycles. The zero-order chi connectivity index (χ0) is 19.3. The standard InChI is InChI=1S/C14H20BrNO5/c1-18-6-7-21-14(17)16-5-4-10-8-13(20-3)11(15)9-12(10)19-2/h8-9H,4-7H2,1-3H3,(H,16,17)/i4D2,5D2. The monoisotopic (exact) mass is 365 g/mol. The van der Waals surface area contributed by atoms with Gasteiger partial charge in [0.25, 0.3) is 0 Å². The molecular formula is C14H20BrNO5. The van der Waals surface area contributed by atoms with E-state index < -0.39 is 19.0 Å². The number of benzene rings is 1. The van der Waals surface area contributed by atoms with Crippen LogP contribution in [0.2, 0.25) is 0 Å². The first kappa shape index (κ1) is 12.1. The summed E-state index contributed by atoms with van der Waals surface area (Å²) in [5.74, 6) is 0.384. The smallest absolute Gasteiger partial charge is 0.407 e. The molecule has 0 aliphatic heterocycles. The number of amides is 1. The molecule has 0 unspecified atom stereocenters. The van der Waals surface area contributed by atoms with Crippen molar-refractivity contribution in [3.8, 4) is 11.5 Å². The molecule has 0 radical (unpaired) electrons. The van der Waals surface area contributed by atoms with Crippen LogP contribution in [0, 0.1) is 0 Å². The molecule has 0 aliphatic carbocycles. The lowest BCUT2D eigenvalue weighted by molar-refractivity contribution is 0.0987. The van der Waals surface area contributed by atoms with E-state index in [4.69, 9.17) is 24.4 Å². The highest BCUT2D eigenvalue weighted by Crippen LogP contribution is 2.32. The maximum Gasteiger partial charge on any atom is 0.407 e. The maximum absolute atomic E-state index is 11.7. The van der Waals surface area contributed by atoms with Crippen molar-refractivity contribution in [2.75, 3.05) is 41.0 Å². The van der Waals surface area contributed by atoms with Crippen LogP contribution in [-0.4, -0.2) is 47.1 Å². The second-order valence-corrected chi connectivity index (χ2v) is 4.55. The molecule has 0 fully saturated rings. The molecule has 6 nitrogen and oxygen atoms in total. The van der Waals surface area contributed by atoms with E-state index in [1.807, 2.05) is 5.32 Å². The molecule has 1 amide bonds. The number of carbonyl (C=O) groups excluding carboxylic acids is 1. The van der Waals surface area contributed by atoms with Gasteiger partial charge in [0.1, 0.15) is 18.1 Å². The molecule has 0 saturated heterocycles. The summed E-state index contributed by atoms with van der Waals surface area (Å²) >= 11 is 3.25. The molecular weight excluding hydrogens is 342 g/mol. The molecule has 118 valence electrons. The fraction of sp³-hybridized carbons (Fsp3) is 0.500. The molecule has 0 atom stereocenters. The van der Waals surface area contributed by atoms with Crippen molar-refractivity contribution in [2.24, 2.45) is 0 Å². The van der Waals surface area contributed by atoms with Crippen LogP contribution >= 0.6 is 15.9 Å². The Bertz CT molecular complexity index is 615. The van der Waals surface area contributed by atoms with Crippen LogP contribution in [0.1, 0.15) is 11.0 Å². The quantitative estimate of drug-likeness (QED) is 0.716. The van der Waals surface area contributed by atoms with Crippen LogP contribution in [0.5, 0.6) is 11.5 Å². The summed E-state index contributed by atoms with van der Waals surface area (Å²) in [7, 11) is 4.15. The van der Waals surface area contributed by atoms with Crippen molar-refractivity contribution >= 4 is 22.0 Å². The van der Waals surface area contributed by atoms with Crippen molar-refractivity contribution in [1.82, 2.24) is 5.32 Å². The first-order chi connectivity index (χ1) is 11.6. The zero-order valence-electron chi connectivity index (χ0n) is 16.0. The van der Waals surface area contributed by atoms with E-state index >= 15 is 0 Å². The lowest BCUT2D eigenvalue weighted by atomic mass is 10.1. The lowest BCUT2D eigenvalue weighted by Gasteiger charge is -2.12. The van der Waals surface area contributed by atoms with Crippen molar-refractivity contribution < 1.29 is 29.2 Å². The Morgan fingerprint density at radius 2 is 1.95 bits per heavy atom. The molecule has 0 spiro atoms. The van der Waals surface area contributed by atoms with Crippen LogP contribution < -0.4 is 14.8 Å². The number of aryl methyl sites for hydroxylation is 1. The average Bonchev–Trinajstić information content (AvgIpc) is 2.53. The summed E-state index contributed by atoms with van der Waals surface area (Å²) in [6.07, 6.45) is -3.75. The van der Waals surface area contributed by atoms with Gasteiger partial charge in [0.15, 0.2) is 0 Å². The zero-order valence-corrected chi connectivity index (χ0v) is 13.6. The number of ether oxygens (including phenoxy) is 4.